The van der Waals surface area contributed by atoms with Gasteiger partial charge in [-0.05, 0) is 18.1 Å². The molecule has 0 spiro atoms. The third-order valence-corrected chi connectivity index (χ3v) is 5.43. The normalized spacial score (nSPS) is 17.0. The van der Waals surface area contributed by atoms with Crippen molar-refractivity contribution in [1.82, 2.24) is 0 Å². The van der Waals surface area contributed by atoms with E-state index in [4.69, 9.17) is 18.9 Å². The molecule has 1 aromatic carbocycles. The summed E-state index contributed by atoms with van der Waals surface area (Å²) in [4.78, 5) is 1.27. The Morgan fingerprint density at radius 2 is 1.39 bits per heavy atom. The third kappa shape index (κ3) is 6.08. The number of ether oxygens (including phenoxy) is 4. The van der Waals surface area contributed by atoms with Gasteiger partial charge in [0.25, 0.3) is 0 Å². The van der Waals surface area contributed by atoms with Gasteiger partial charge in [-0.3, -0.25) is 0 Å². The number of rotatable bonds is 11. The number of benzene rings is 1. The molecule has 1 rings (SSSR count). The van der Waals surface area contributed by atoms with Crippen molar-refractivity contribution in [3.8, 4) is 0 Å². The van der Waals surface area contributed by atoms with E-state index in [-0.39, 0.29) is 18.1 Å². The van der Waals surface area contributed by atoms with Gasteiger partial charge >= 0.3 is 0 Å². The summed E-state index contributed by atoms with van der Waals surface area (Å²) in [6, 6.07) is 10.4. The van der Waals surface area contributed by atoms with Crippen LogP contribution in [-0.4, -0.2) is 52.7 Å². The average Bonchev–Trinajstić information content (AvgIpc) is 2.59. The fourth-order valence-corrected chi connectivity index (χ4v) is 3.92. The highest BCUT2D eigenvalue weighted by Crippen LogP contribution is 2.29. The largest absolute Gasteiger partial charge is 0.381 e. The monoisotopic (exact) mass is 342 g/mol. The van der Waals surface area contributed by atoms with Gasteiger partial charge in [-0.2, -0.15) is 0 Å². The molecule has 132 valence electrons. The zero-order valence-corrected chi connectivity index (χ0v) is 15.8. The molecule has 4 atom stereocenters. The summed E-state index contributed by atoms with van der Waals surface area (Å²) in [5.41, 5.74) is 0. The van der Waals surface area contributed by atoms with E-state index in [1.54, 1.807) is 28.4 Å². The van der Waals surface area contributed by atoms with Crippen molar-refractivity contribution < 1.29 is 18.9 Å². The molecule has 5 heteroatoms. The Morgan fingerprint density at radius 3 is 1.87 bits per heavy atom. The van der Waals surface area contributed by atoms with Crippen LogP contribution in [0.25, 0.3) is 0 Å². The maximum absolute atomic E-state index is 5.78. The predicted molar refractivity (Wildman–Crippen MR) is 94.9 cm³/mol. The second kappa shape index (κ2) is 11.0. The molecule has 0 heterocycles. The Bertz CT molecular complexity index is 411. The Hall–Kier alpha value is -0.590. The molecule has 0 bridgehead atoms. The zero-order chi connectivity index (χ0) is 17.2. The lowest BCUT2D eigenvalue weighted by Crippen LogP contribution is -2.44. The van der Waals surface area contributed by atoms with Crippen molar-refractivity contribution in [3.05, 3.63) is 30.3 Å². The molecular weight excluding hydrogens is 312 g/mol. The molecule has 1 aromatic rings. The van der Waals surface area contributed by atoms with E-state index < -0.39 is 6.29 Å². The molecular formula is C18H30O4S. The smallest absolute Gasteiger partial charge is 0.183 e. The van der Waals surface area contributed by atoms with Gasteiger partial charge in [-0.25, -0.2) is 0 Å². The molecule has 0 aromatic heterocycles. The zero-order valence-electron chi connectivity index (χ0n) is 15.0. The molecule has 0 aliphatic heterocycles. The highest BCUT2D eigenvalue weighted by molar-refractivity contribution is 7.99. The van der Waals surface area contributed by atoms with Gasteiger partial charge in [-0.15, -0.1) is 11.8 Å². The number of methoxy groups -OCH3 is 4. The molecule has 0 amide bonds. The first-order chi connectivity index (χ1) is 11.1. The standard InChI is InChI=1S/C18H30O4S/c1-13(12-23-15-10-8-7-9-11-15)16(19-3)14(2)17(20-4)18(21-5)22-6/h7-11,13-14,16-18H,12H2,1-6H3/t13-,14-,16+,17-/m0/s1. The summed E-state index contributed by atoms with van der Waals surface area (Å²) in [5, 5.41) is 0. The van der Waals surface area contributed by atoms with E-state index in [1.807, 2.05) is 17.8 Å². The number of hydrogen-bond donors (Lipinski definition) is 0. The molecule has 23 heavy (non-hydrogen) atoms. The lowest BCUT2D eigenvalue weighted by atomic mass is 9.89. The van der Waals surface area contributed by atoms with Crippen molar-refractivity contribution in [2.75, 3.05) is 34.2 Å². The second-order valence-electron chi connectivity index (χ2n) is 5.70. The van der Waals surface area contributed by atoms with Gasteiger partial charge in [0.1, 0.15) is 6.10 Å². The van der Waals surface area contributed by atoms with Gasteiger partial charge < -0.3 is 18.9 Å². The Kier molecular flexibility index (Phi) is 9.83. The van der Waals surface area contributed by atoms with Crippen molar-refractivity contribution in [2.45, 2.75) is 37.2 Å². The summed E-state index contributed by atoms with van der Waals surface area (Å²) in [7, 11) is 6.70. The van der Waals surface area contributed by atoms with Crippen LogP contribution in [0.15, 0.2) is 35.2 Å². The van der Waals surface area contributed by atoms with Crippen molar-refractivity contribution >= 4 is 11.8 Å². The van der Waals surface area contributed by atoms with Crippen LogP contribution in [0.1, 0.15) is 13.8 Å². The van der Waals surface area contributed by atoms with Crippen LogP contribution in [0.5, 0.6) is 0 Å². The first-order valence-electron chi connectivity index (χ1n) is 7.88. The van der Waals surface area contributed by atoms with E-state index in [0.717, 1.165) is 5.75 Å². The van der Waals surface area contributed by atoms with Crippen molar-refractivity contribution in [3.63, 3.8) is 0 Å². The molecule has 0 aliphatic rings. The maximum Gasteiger partial charge on any atom is 0.183 e. The fourth-order valence-electron chi connectivity index (χ4n) is 2.93. The van der Waals surface area contributed by atoms with Gasteiger partial charge in [0.05, 0.1) is 6.10 Å². The second-order valence-corrected chi connectivity index (χ2v) is 6.79. The van der Waals surface area contributed by atoms with Gasteiger partial charge in [0.15, 0.2) is 6.29 Å². The summed E-state index contributed by atoms with van der Waals surface area (Å²) in [6.07, 6.45) is -0.523. The molecule has 4 nitrogen and oxygen atoms in total. The summed E-state index contributed by atoms with van der Waals surface area (Å²) in [6.45, 7) is 4.33. The minimum atomic E-state index is -0.401. The summed E-state index contributed by atoms with van der Waals surface area (Å²) < 4.78 is 22.1. The predicted octanol–water partition coefficient (Wildman–Crippen LogP) is 3.70. The molecule has 0 unspecified atom stereocenters. The van der Waals surface area contributed by atoms with Crippen LogP contribution < -0.4 is 0 Å². The van der Waals surface area contributed by atoms with E-state index >= 15 is 0 Å². The minimum absolute atomic E-state index is 0.0592. The van der Waals surface area contributed by atoms with E-state index in [2.05, 4.69) is 38.1 Å². The maximum atomic E-state index is 5.78. The van der Waals surface area contributed by atoms with E-state index in [0.29, 0.717) is 5.92 Å². The van der Waals surface area contributed by atoms with Crippen LogP contribution >= 0.6 is 11.8 Å². The average molecular weight is 343 g/mol. The van der Waals surface area contributed by atoms with Crippen LogP contribution in [0.3, 0.4) is 0 Å². The van der Waals surface area contributed by atoms with Crippen LogP contribution in [0.4, 0.5) is 0 Å². The fraction of sp³-hybridized carbons (Fsp3) is 0.667. The molecule has 0 saturated heterocycles. The van der Waals surface area contributed by atoms with Gasteiger partial charge in [0, 0.05) is 45.0 Å². The quantitative estimate of drug-likeness (QED) is 0.453. The first kappa shape index (κ1) is 20.5. The van der Waals surface area contributed by atoms with Crippen LogP contribution in [0.2, 0.25) is 0 Å². The molecule has 0 N–H and O–H groups in total. The van der Waals surface area contributed by atoms with E-state index in [1.165, 1.54) is 4.90 Å². The first-order valence-corrected chi connectivity index (χ1v) is 8.86. The molecule has 0 aliphatic carbocycles. The SMILES string of the molecule is COC(OC)[C@@H](OC)[C@@H](C)[C@H](OC)[C@@H](C)CSc1ccccc1. The topological polar surface area (TPSA) is 36.9 Å². The number of hydrogen-bond acceptors (Lipinski definition) is 5. The Morgan fingerprint density at radius 1 is 0.826 bits per heavy atom. The van der Waals surface area contributed by atoms with E-state index in [9.17, 15) is 0 Å². The number of thioether (sulfide) groups is 1. The van der Waals surface area contributed by atoms with Crippen LogP contribution in [-0.2, 0) is 18.9 Å². The highest BCUT2D eigenvalue weighted by Gasteiger charge is 2.35. The summed E-state index contributed by atoms with van der Waals surface area (Å²) in [5.74, 6) is 1.49. The highest BCUT2D eigenvalue weighted by atomic mass is 32.2. The lowest BCUT2D eigenvalue weighted by Gasteiger charge is -2.35. The van der Waals surface area contributed by atoms with Crippen molar-refractivity contribution in [2.24, 2.45) is 11.8 Å². The Labute approximate surface area is 144 Å². The molecule has 0 fully saturated rings. The lowest BCUT2D eigenvalue weighted by molar-refractivity contribution is -0.200. The third-order valence-electron chi connectivity index (χ3n) is 4.13. The minimum Gasteiger partial charge on any atom is -0.381 e. The molecule has 0 radical (unpaired) electrons. The molecule has 0 saturated carbocycles. The summed E-state index contributed by atoms with van der Waals surface area (Å²) >= 11 is 1.85. The van der Waals surface area contributed by atoms with Gasteiger partial charge in [-0.1, -0.05) is 32.0 Å². The van der Waals surface area contributed by atoms with Gasteiger partial charge in [0.2, 0.25) is 0 Å². The van der Waals surface area contributed by atoms with Crippen LogP contribution in [0, 0.1) is 11.8 Å². The van der Waals surface area contributed by atoms with Crippen molar-refractivity contribution in [1.29, 1.82) is 0 Å². The Balaban J connectivity index is 2.68.